The van der Waals surface area contributed by atoms with Crippen molar-refractivity contribution in [1.29, 1.82) is 0 Å². The number of halogens is 2. The summed E-state index contributed by atoms with van der Waals surface area (Å²) in [4.78, 5) is 0.703. The monoisotopic (exact) mass is 552 g/mol. The minimum absolute atomic E-state index is 0.254. The van der Waals surface area contributed by atoms with Crippen LogP contribution in [0.25, 0.3) is 32.7 Å². The van der Waals surface area contributed by atoms with Gasteiger partial charge in [0.2, 0.25) is 0 Å². The van der Waals surface area contributed by atoms with Crippen LogP contribution in [0.2, 0.25) is 0 Å². The summed E-state index contributed by atoms with van der Waals surface area (Å²) >= 11 is 2.99. The average molecular weight is 554 g/mol. The third-order valence-corrected chi connectivity index (χ3v) is 7.36. The molecule has 4 rings (SSSR count). The van der Waals surface area contributed by atoms with Crippen LogP contribution in [0, 0.1) is 0 Å². The molecular formula is C21H14Br2O4S2. The summed E-state index contributed by atoms with van der Waals surface area (Å²) in [6.07, 6.45) is 0. The van der Waals surface area contributed by atoms with Crippen LogP contribution in [0.15, 0.2) is 79.4 Å². The minimum atomic E-state index is -2.23. The average Bonchev–Trinajstić information content (AvgIpc) is 2.71. The Kier molecular flexibility index (Phi) is 6.02. The van der Waals surface area contributed by atoms with Crippen molar-refractivity contribution in [3.8, 4) is 11.1 Å². The molecule has 0 aliphatic heterocycles. The van der Waals surface area contributed by atoms with E-state index in [0.29, 0.717) is 16.0 Å². The minimum Gasteiger partial charge on any atom is -0.302 e. The van der Waals surface area contributed by atoms with Crippen LogP contribution in [0.5, 0.6) is 0 Å². The van der Waals surface area contributed by atoms with Crippen molar-refractivity contribution >= 4 is 75.6 Å². The van der Waals surface area contributed by atoms with Crippen molar-refractivity contribution in [2.75, 3.05) is 7.11 Å². The topological polar surface area (TPSA) is 63.6 Å². The van der Waals surface area contributed by atoms with E-state index < -0.39 is 22.2 Å². The second-order valence-corrected chi connectivity index (χ2v) is 10.3. The van der Waals surface area contributed by atoms with Crippen LogP contribution in [0.1, 0.15) is 0 Å². The first-order valence-electron chi connectivity index (χ1n) is 8.42. The zero-order chi connectivity index (χ0) is 20.7. The molecular weight excluding hydrogens is 540 g/mol. The first-order valence-corrected chi connectivity index (χ1v) is 12.2. The highest BCUT2D eigenvalue weighted by molar-refractivity contribution is 9.10. The predicted molar refractivity (Wildman–Crippen MR) is 125 cm³/mol. The maximum atomic E-state index is 12.7. The fourth-order valence-corrected chi connectivity index (χ4v) is 5.52. The lowest BCUT2D eigenvalue weighted by Crippen LogP contribution is -2.01. The van der Waals surface area contributed by atoms with E-state index in [-0.39, 0.29) is 4.90 Å². The molecule has 4 aromatic rings. The second kappa shape index (κ2) is 8.37. The van der Waals surface area contributed by atoms with E-state index in [9.17, 15) is 13.0 Å². The van der Waals surface area contributed by atoms with Gasteiger partial charge in [-0.2, -0.15) is 0 Å². The molecule has 0 bridgehead atoms. The summed E-state index contributed by atoms with van der Waals surface area (Å²) in [6, 6.07) is 18.5. The molecule has 0 saturated heterocycles. The third kappa shape index (κ3) is 3.85. The van der Waals surface area contributed by atoms with Gasteiger partial charge in [-0.15, -0.1) is 0 Å². The molecule has 0 amide bonds. The van der Waals surface area contributed by atoms with Gasteiger partial charge in [-0.05, 0) is 57.9 Å². The summed E-state index contributed by atoms with van der Waals surface area (Å²) in [6.45, 7) is 0. The Hall–Kier alpha value is -1.42. The molecule has 0 heterocycles. The predicted octanol–water partition coefficient (Wildman–Crippen LogP) is 6.43. The molecule has 0 spiro atoms. The van der Waals surface area contributed by atoms with E-state index in [2.05, 4.69) is 31.9 Å². The Bertz CT molecular complexity index is 1320. The fourth-order valence-electron chi connectivity index (χ4n) is 3.45. The second-order valence-electron chi connectivity index (χ2n) is 6.26. The summed E-state index contributed by atoms with van der Waals surface area (Å²) in [5.74, 6) is 0. The fraction of sp³-hybridized carbons (Fsp3) is 0.0476. The highest BCUT2D eigenvalue weighted by Crippen LogP contribution is 2.42. The van der Waals surface area contributed by atoms with Gasteiger partial charge in [-0.25, -0.2) is 8.42 Å². The molecule has 0 aliphatic carbocycles. The lowest BCUT2D eigenvalue weighted by atomic mass is 9.94. The molecule has 29 heavy (non-hydrogen) atoms. The molecule has 0 radical (unpaired) electrons. The largest absolute Gasteiger partial charge is 0.302 e. The molecule has 1 N–H and O–H groups in total. The Balaban J connectivity index is 2.24. The molecule has 2 unspecified atom stereocenters. The van der Waals surface area contributed by atoms with Crippen LogP contribution in [0.4, 0.5) is 0 Å². The summed E-state index contributed by atoms with van der Waals surface area (Å²) in [5.41, 5.74) is 1.20. The van der Waals surface area contributed by atoms with Crippen molar-refractivity contribution in [2.24, 2.45) is 0 Å². The molecule has 8 heteroatoms. The van der Waals surface area contributed by atoms with Gasteiger partial charge in [0.15, 0.2) is 22.2 Å². The molecule has 4 nitrogen and oxygen atoms in total. The Morgan fingerprint density at radius 2 is 1.24 bits per heavy atom. The number of hydrogen-bond acceptors (Lipinski definition) is 3. The number of fused-ring (bicyclic) bond motifs is 2. The van der Waals surface area contributed by atoms with E-state index in [1.807, 2.05) is 48.5 Å². The van der Waals surface area contributed by atoms with Crippen LogP contribution < -0.4 is 0 Å². The van der Waals surface area contributed by atoms with Crippen LogP contribution in [-0.2, 0) is 26.3 Å². The first-order chi connectivity index (χ1) is 13.9. The van der Waals surface area contributed by atoms with Crippen molar-refractivity contribution in [3.63, 3.8) is 0 Å². The maximum Gasteiger partial charge on any atom is 0.189 e. The van der Waals surface area contributed by atoms with Gasteiger partial charge in [0.05, 0.1) is 16.9 Å². The number of benzene rings is 4. The summed E-state index contributed by atoms with van der Waals surface area (Å²) in [5, 5.41) is 3.41. The summed E-state index contributed by atoms with van der Waals surface area (Å²) in [7, 11) is 1.37. The molecule has 0 aliphatic rings. The van der Waals surface area contributed by atoms with E-state index in [1.54, 1.807) is 12.1 Å². The SMILES string of the molecule is COS(=O)c1ccc2cc(Br)ccc2c1-c1c(S(=O)O)ccc2cc(Br)ccc12. The smallest absolute Gasteiger partial charge is 0.189 e. The Morgan fingerprint density at radius 1 is 0.759 bits per heavy atom. The van der Waals surface area contributed by atoms with Gasteiger partial charge in [-0.3, -0.25) is 4.18 Å². The zero-order valence-corrected chi connectivity index (χ0v) is 19.8. The van der Waals surface area contributed by atoms with E-state index in [0.717, 1.165) is 30.5 Å². The first kappa shape index (κ1) is 20.8. The lowest BCUT2D eigenvalue weighted by Gasteiger charge is -2.17. The Labute approximate surface area is 189 Å². The zero-order valence-electron chi connectivity index (χ0n) is 15.0. The van der Waals surface area contributed by atoms with Crippen molar-refractivity contribution in [3.05, 3.63) is 69.6 Å². The molecule has 0 aromatic heterocycles. The van der Waals surface area contributed by atoms with Gasteiger partial charge in [-0.1, -0.05) is 56.1 Å². The Morgan fingerprint density at radius 3 is 1.72 bits per heavy atom. The van der Waals surface area contributed by atoms with Crippen molar-refractivity contribution < 1.29 is 17.2 Å². The lowest BCUT2D eigenvalue weighted by molar-refractivity contribution is 0.446. The van der Waals surface area contributed by atoms with E-state index in [4.69, 9.17) is 4.18 Å². The van der Waals surface area contributed by atoms with E-state index in [1.165, 1.54) is 7.11 Å². The van der Waals surface area contributed by atoms with Gasteiger partial charge in [0.25, 0.3) is 0 Å². The third-order valence-electron chi connectivity index (χ3n) is 4.66. The van der Waals surface area contributed by atoms with Gasteiger partial charge in [0, 0.05) is 20.1 Å². The molecule has 0 saturated carbocycles. The number of rotatable bonds is 4. The van der Waals surface area contributed by atoms with Crippen LogP contribution >= 0.6 is 31.9 Å². The van der Waals surface area contributed by atoms with Crippen molar-refractivity contribution in [2.45, 2.75) is 9.79 Å². The quantitative estimate of drug-likeness (QED) is 0.295. The molecule has 2 atom stereocenters. The van der Waals surface area contributed by atoms with Gasteiger partial charge in [0.1, 0.15) is 0 Å². The maximum absolute atomic E-state index is 12.7. The number of hydrogen-bond donors (Lipinski definition) is 1. The standard InChI is InChI=1S/C21H14Br2O4S2/c1-27-29(26)19-9-3-13-11-15(23)5-7-17(13)21(19)20-16-6-4-14(22)10-12(16)2-8-18(20)28(24)25/h2-11H,1H3,(H,24,25). The van der Waals surface area contributed by atoms with Crippen LogP contribution in [-0.4, -0.2) is 20.1 Å². The highest BCUT2D eigenvalue weighted by atomic mass is 79.9. The van der Waals surface area contributed by atoms with Gasteiger partial charge >= 0.3 is 0 Å². The molecule has 148 valence electrons. The molecule has 0 fully saturated rings. The van der Waals surface area contributed by atoms with E-state index >= 15 is 0 Å². The van der Waals surface area contributed by atoms with Gasteiger partial charge < -0.3 is 4.55 Å². The highest BCUT2D eigenvalue weighted by Gasteiger charge is 2.22. The normalized spacial score (nSPS) is 13.7. The summed E-state index contributed by atoms with van der Waals surface area (Å²) < 4.78 is 41.9. The van der Waals surface area contributed by atoms with Crippen LogP contribution in [0.3, 0.4) is 0 Å². The van der Waals surface area contributed by atoms with Crippen molar-refractivity contribution in [1.82, 2.24) is 0 Å². The molecule has 4 aromatic carbocycles.